The van der Waals surface area contributed by atoms with E-state index in [4.69, 9.17) is 9.47 Å². The molecule has 8 nitrogen and oxygen atoms in total. The second-order valence-electron chi connectivity index (χ2n) is 6.76. The maximum Gasteiger partial charge on any atom is 0.409 e. The van der Waals surface area contributed by atoms with Gasteiger partial charge in [0.15, 0.2) is 0 Å². The van der Waals surface area contributed by atoms with E-state index in [1.807, 2.05) is 19.9 Å². The van der Waals surface area contributed by atoms with E-state index in [0.29, 0.717) is 32.8 Å². The third kappa shape index (κ3) is 5.36. The number of carbonyl (C=O) groups is 2. The molecule has 2 fully saturated rings. The molecule has 0 aromatic rings. The second-order valence-corrected chi connectivity index (χ2v) is 6.76. The summed E-state index contributed by atoms with van der Waals surface area (Å²) in [6.07, 6.45) is 2.63. The van der Waals surface area contributed by atoms with Crippen LogP contribution in [0.3, 0.4) is 0 Å². The molecule has 2 unspecified atom stereocenters. The van der Waals surface area contributed by atoms with Crippen LogP contribution < -0.4 is 5.32 Å². The van der Waals surface area contributed by atoms with Crippen LogP contribution in [0, 0.1) is 11.3 Å². The summed E-state index contributed by atoms with van der Waals surface area (Å²) in [6.45, 7) is 8.15. The fraction of sp³-hybridized carbons (Fsp3) is 0.722. The number of piperidine rings is 1. The molecule has 2 rings (SSSR count). The van der Waals surface area contributed by atoms with E-state index in [2.05, 4.69) is 5.32 Å². The highest BCUT2D eigenvalue weighted by atomic mass is 16.6. The molecule has 2 aliphatic heterocycles. The molecule has 0 aliphatic carbocycles. The molecule has 0 saturated carbocycles. The van der Waals surface area contributed by atoms with E-state index in [1.165, 1.54) is 6.20 Å². The van der Waals surface area contributed by atoms with Gasteiger partial charge in [0.1, 0.15) is 11.6 Å². The number of hydrogen-bond donors (Lipinski definition) is 1. The molecular weight excluding hydrogens is 336 g/mol. The minimum atomic E-state index is -0.287. The van der Waals surface area contributed by atoms with Crippen molar-refractivity contribution in [3.05, 3.63) is 11.8 Å². The van der Waals surface area contributed by atoms with Crippen LogP contribution in [0.15, 0.2) is 11.8 Å². The Morgan fingerprint density at radius 2 is 1.85 bits per heavy atom. The normalized spacial score (nSPS) is 24.8. The van der Waals surface area contributed by atoms with Gasteiger partial charge < -0.3 is 24.6 Å². The topological polar surface area (TPSA) is 94.9 Å². The van der Waals surface area contributed by atoms with Gasteiger partial charge in [-0.2, -0.15) is 5.26 Å². The molecule has 26 heavy (non-hydrogen) atoms. The smallest absolute Gasteiger partial charge is 0.409 e. The van der Waals surface area contributed by atoms with Crippen molar-refractivity contribution in [1.29, 1.82) is 5.26 Å². The molecule has 2 saturated heterocycles. The Hall–Kier alpha value is -2.27. The molecule has 1 N–H and O–H groups in total. The zero-order valence-electron chi connectivity index (χ0n) is 15.7. The van der Waals surface area contributed by atoms with Gasteiger partial charge in [-0.15, -0.1) is 0 Å². The van der Waals surface area contributed by atoms with E-state index in [1.54, 1.807) is 16.7 Å². The van der Waals surface area contributed by atoms with Gasteiger partial charge in [-0.3, -0.25) is 4.79 Å². The fourth-order valence-electron chi connectivity index (χ4n) is 3.30. The molecule has 0 aromatic heterocycles. The summed E-state index contributed by atoms with van der Waals surface area (Å²) in [7, 11) is 0. The fourth-order valence-corrected chi connectivity index (χ4v) is 3.30. The molecule has 0 spiro atoms. The van der Waals surface area contributed by atoms with Gasteiger partial charge in [-0.1, -0.05) is 0 Å². The summed E-state index contributed by atoms with van der Waals surface area (Å²) in [5.41, 5.74) is 0.0964. The van der Waals surface area contributed by atoms with Gasteiger partial charge in [0, 0.05) is 38.4 Å². The first-order valence-corrected chi connectivity index (χ1v) is 9.17. The van der Waals surface area contributed by atoms with Crippen molar-refractivity contribution in [2.45, 2.75) is 51.9 Å². The summed E-state index contributed by atoms with van der Waals surface area (Å²) in [4.78, 5) is 27.6. The maximum absolute atomic E-state index is 12.6. The third-order valence-electron chi connectivity index (χ3n) is 4.54. The van der Waals surface area contributed by atoms with Crippen molar-refractivity contribution in [1.82, 2.24) is 15.1 Å². The predicted molar refractivity (Wildman–Crippen MR) is 95.0 cm³/mol. The molecule has 144 valence electrons. The number of ether oxygens (including phenoxy) is 2. The average molecular weight is 364 g/mol. The summed E-state index contributed by atoms with van der Waals surface area (Å²) in [6, 6.07) is 2.12. The van der Waals surface area contributed by atoms with Crippen LogP contribution in [-0.2, 0) is 14.3 Å². The highest BCUT2D eigenvalue weighted by Crippen LogP contribution is 2.15. The van der Waals surface area contributed by atoms with Crippen molar-refractivity contribution >= 4 is 12.0 Å². The lowest BCUT2D eigenvalue weighted by molar-refractivity contribution is -0.138. The molecule has 2 atom stereocenters. The number of nitrogens with zero attached hydrogens (tertiary/aromatic N) is 3. The number of amides is 2. The molecular formula is C18H28N4O4. The van der Waals surface area contributed by atoms with Gasteiger partial charge in [-0.05, 0) is 33.6 Å². The van der Waals surface area contributed by atoms with Gasteiger partial charge in [0.05, 0.1) is 18.8 Å². The standard InChI is InChI=1S/C18H28N4O4/c1-4-25-18(24)21-7-5-16(6-8-21)20-10-15(9-19)17(23)22-11-13(2)26-14(3)12-22/h10,13-14,16,20H,4-8,11-12H2,1-3H3/b15-10-. The highest BCUT2D eigenvalue weighted by Gasteiger charge is 2.28. The van der Waals surface area contributed by atoms with E-state index in [0.717, 1.165) is 12.8 Å². The Labute approximate surface area is 154 Å². The van der Waals surface area contributed by atoms with Crippen LogP contribution in [0.25, 0.3) is 0 Å². The zero-order chi connectivity index (χ0) is 19.1. The number of rotatable bonds is 4. The highest BCUT2D eigenvalue weighted by molar-refractivity contribution is 5.97. The van der Waals surface area contributed by atoms with E-state index in [9.17, 15) is 14.9 Å². The monoisotopic (exact) mass is 364 g/mol. The summed E-state index contributed by atoms with van der Waals surface area (Å²) < 4.78 is 10.6. The van der Waals surface area contributed by atoms with Gasteiger partial charge in [0.25, 0.3) is 5.91 Å². The first-order chi connectivity index (χ1) is 12.4. The largest absolute Gasteiger partial charge is 0.450 e. The number of carbonyl (C=O) groups excluding carboxylic acids is 2. The summed E-state index contributed by atoms with van der Waals surface area (Å²) in [5.74, 6) is -0.272. The lowest BCUT2D eigenvalue weighted by Crippen LogP contribution is -2.48. The quantitative estimate of drug-likeness (QED) is 0.596. The lowest BCUT2D eigenvalue weighted by atomic mass is 10.1. The van der Waals surface area contributed by atoms with Gasteiger partial charge >= 0.3 is 6.09 Å². The van der Waals surface area contributed by atoms with Crippen molar-refractivity contribution in [3.8, 4) is 6.07 Å². The Morgan fingerprint density at radius 3 is 2.38 bits per heavy atom. The van der Waals surface area contributed by atoms with Gasteiger partial charge in [0.2, 0.25) is 0 Å². The molecule has 2 amide bonds. The molecule has 0 radical (unpaired) electrons. The summed E-state index contributed by atoms with van der Waals surface area (Å²) in [5, 5.41) is 12.5. The number of morpholine rings is 1. The molecule has 8 heteroatoms. The van der Waals surface area contributed by atoms with E-state index < -0.39 is 0 Å². The first-order valence-electron chi connectivity index (χ1n) is 9.17. The van der Waals surface area contributed by atoms with Crippen molar-refractivity contribution in [3.63, 3.8) is 0 Å². The number of nitriles is 1. The van der Waals surface area contributed by atoms with Crippen LogP contribution in [0.4, 0.5) is 4.79 Å². The molecule has 2 aliphatic rings. The maximum atomic E-state index is 12.6. The Kier molecular flexibility index (Phi) is 7.27. The molecule has 2 heterocycles. The van der Waals surface area contributed by atoms with Crippen LogP contribution >= 0.6 is 0 Å². The van der Waals surface area contributed by atoms with Crippen molar-refractivity contribution < 1.29 is 19.1 Å². The molecule has 0 aromatic carbocycles. The minimum Gasteiger partial charge on any atom is -0.450 e. The second kappa shape index (κ2) is 9.43. The Balaban J connectivity index is 1.87. The lowest BCUT2D eigenvalue weighted by Gasteiger charge is -2.35. The van der Waals surface area contributed by atoms with Crippen molar-refractivity contribution in [2.24, 2.45) is 0 Å². The number of hydrogen-bond acceptors (Lipinski definition) is 6. The minimum absolute atomic E-state index is 0.0391. The average Bonchev–Trinajstić information content (AvgIpc) is 2.62. The Bertz CT molecular complexity index is 568. The van der Waals surface area contributed by atoms with E-state index in [-0.39, 0.29) is 35.8 Å². The van der Waals surface area contributed by atoms with Crippen LogP contribution in [0.2, 0.25) is 0 Å². The number of nitrogens with one attached hydrogen (secondary N) is 1. The van der Waals surface area contributed by atoms with Gasteiger partial charge in [-0.25, -0.2) is 4.79 Å². The van der Waals surface area contributed by atoms with Crippen LogP contribution in [0.1, 0.15) is 33.6 Å². The Morgan fingerprint density at radius 1 is 1.23 bits per heavy atom. The predicted octanol–water partition coefficient (Wildman–Crippen LogP) is 1.24. The molecule has 0 bridgehead atoms. The zero-order valence-corrected chi connectivity index (χ0v) is 15.7. The SMILES string of the molecule is CCOC(=O)N1CCC(N/C=C(/C#N)C(=O)N2CC(C)OC(C)C2)CC1. The van der Waals surface area contributed by atoms with E-state index >= 15 is 0 Å². The third-order valence-corrected chi connectivity index (χ3v) is 4.54. The van der Waals surface area contributed by atoms with Crippen LogP contribution in [-0.4, -0.2) is 72.8 Å². The van der Waals surface area contributed by atoms with Crippen molar-refractivity contribution in [2.75, 3.05) is 32.8 Å². The van der Waals surface area contributed by atoms with Crippen LogP contribution in [0.5, 0.6) is 0 Å². The first kappa shape index (κ1) is 20.0. The number of likely N-dealkylation sites (tertiary alicyclic amines) is 1. The summed E-state index contributed by atoms with van der Waals surface area (Å²) >= 11 is 0.